The maximum atomic E-state index is 4.82. The number of aliphatic imine (C=N–C) groups is 1. The summed E-state index contributed by atoms with van der Waals surface area (Å²) in [6, 6.07) is 8.95. The summed E-state index contributed by atoms with van der Waals surface area (Å²) in [5.74, 6) is 0. The van der Waals surface area contributed by atoms with Crippen LogP contribution in [0.5, 0.6) is 0 Å². The van der Waals surface area contributed by atoms with Crippen molar-refractivity contribution in [2.24, 2.45) is 12.0 Å². The largest absolute Gasteiger partial charge is 0.382 e. The van der Waals surface area contributed by atoms with E-state index in [1.54, 1.807) is 0 Å². The quantitative estimate of drug-likeness (QED) is 0.387. The van der Waals surface area contributed by atoms with Crippen molar-refractivity contribution in [2.45, 2.75) is 52.0 Å². The van der Waals surface area contributed by atoms with Gasteiger partial charge in [-0.2, -0.15) is 5.10 Å². The van der Waals surface area contributed by atoms with Crippen LogP contribution in [0.4, 0.5) is 0 Å². The van der Waals surface area contributed by atoms with Crippen LogP contribution in [0.3, 0.4) is 0 Å². The molecule has 2 aromatic rings. The number of aromatic nitrogens is 2. The predicted octanol–water partition coefficient (Wildman–Crippen LogP) is 6.30. The Balaban J connectivity index is 1.90. The normalized spacial score (nSPS) is 15.9. The maximum Gasteiger partial charge on any atom is 0.0569 e. The van der Waals surface area contributed by atoms with Gasteiger partial charge in [-0.15, -0.1) is 0 Å². The van der Waals surface area contributed by atoms with Crippen molar-refractivity contribution < 1.29 is 0 Å². The topological polar surface area (TPSA) is 42.2 Å². The Morgan fingerprint density at radius 1 is 1.26 bits per heavy atom. The summed E-state index contributed by atoms with van der Waals surface area (Å²) in [5, 5.41) is 7.95. The molecule has 1 fully saturated rings. The standard InChI is InChI=1S/C27H34N4/c1-6-11-22(7-2)24-13-10-12-23(16-24)20(3)28-18-27(25-17-29-31(5)19-25)21(4)30-26-14-8-9-15-26/h7,10-13,16-19,26,30H,2,4,6,8-9,14-15H2,1,3,5H3/b22-11+,27-18+,28-20+. The summed E-state index contributed by atoms with van der Waals surface area (Å²) in [7, 11) is 1.93. The van der Waals surface area contributed by atoms with Crippen LogP contribution in [0.25, 0.3) is 11.1 Å². The minimum atomic E-state index is 0.497. The lowest BCUT2D eigenvalue weighted by atomic mass is 10.0. The number of aryl methyl sites for hydroxylation is 1. The zero-order chi connectivity index (χ0) is 22.2. The Hall–Kier alpha value is -3.14. The second-order valence-electron chi connectivity index (χ2n) is 8.12. The molecule has 1 saturated carbocycles. The lowest BCUT2D eigenvalue weighted by Crippen LogP contribution is -2.25. The number of benzene rings is 1. The summed E-state index contributed by atoms with van der Waals surface area (Å²) in [4.78, 5) is 4.82. The number of hydrogen-bond acceptors (Lipinski definition) is 3. The summed E-state index contributed by atoms with van der Waals surface area (Å²) in [6.45, 7) is 12.5. The van der Waals surface area contributed by atoms with Crippen molar-refractivity contribution in [3.8, 4) is 0 Å². The van der Waals surface area contributed by atoms with Gasteiger partial charge in [0.25, 0.3) is 0 Å². The predicted molar refractivity (Wildman–Crippen MR) is 133 cm³/mol. The van der Waals surface area contributed by atoms with Gasteiger partial charge in [0.05, 0.1) is 6.20 Å². The summed E-state index contributed by atoms with van der Waals surface area (Å²) in [5.41, 5.74) is 7.26. The maximum absolute atomic E-state index is 4.82. The third-order valence-corrected chi connectivity index (χ3v) is 5.72. The van der Waals surface area contributed by atoms with Crippen LogP contribution < -0.4 is 5.32 Å². The van der Waals surface area contributed by atoms with Crippen LogP contribution in [0.15, 0.2) is 78.9 Å². The Morgan fingerprint density at radius 3 is 2.65 bits per heavy atom. The molecule has 0 bridgehead atoms. The van der Waals surface area contributed by atoms with Crippen LogP contribution in [0.2, 0.25) is 0 Å². The fourth-order valence-electron chi connectivity index (χ4n) is 3.98. The van der Waals surface area contributed by atoms with Crippen molar-refractivity contribution in [2.75, 3.05) is 0 Å². The van der Waals surface area contributed by atoms with Gasteiger partial charge in [0.1, 0.15) is 0 Å². The third-order valence-electron chi connectivity index (χ3n) is 5.72. The smallest absolute Gasteiger partial charge is 0.0569 e. The van der Waals surface area contributed by atoms with Crippen LogP contribution in [-0.2, 0) is 7.05 Å². The van der Waals surface area contributed by atoms with E-state index in [2.05, 4.69) is 60.8 Å². The Morgan fingerprint density at radius 2 is 2.00 bits per heavy atom. The van der Waals surface area contributed by atoms with Gasteiger partial charge in [-0.1, -0.05) is 63.3 Å². The Kier molecular flexibility index (Phi) is 7.82. The van der Waals surface area contributed by atoms with E-state index in [0.717, 1.165) is 45.7 Å². The van der Waals surface area contributed by atoms with Gasteiger partial charge < -0.3 is 5.32 Å². The molecule has 4 heteroatoms. The van der Waals surface area contributed by atoms with Gasteiger partial charge in [0.2, 0.25) is 0 Å². The van der Waals surface area contributed by atoms with Crippen LogP contribution in [-0.4, -0.2) is 21.5 Å². The molecule has 3 rings (SSSR count). The molecule has 0 spiro atoms. The molecule has 0 aliphatic heterocycles. The second-order valence-corrected chi connectivity index (χ2v) is 8.12. The van der Waals surface area contributed by atoms with E-state index >= 15 is 0 Å². The lowest BCUT2D eigenvalue weighted by molar-refractivity contribution is 0.596. The van der Waals surface area contributed by atoms with E-state index in [1.165, 1.54) is 25.7 Å². The minimum Gasteiger partial charge on any atom is -0.382 e. The summed E-state index contributed by atoms with van der Waals surface area (Å²) in [6.07, 6.45) is 15.8. The molecule has 4 nitrogen and oxygen atoms in total. The molecular weight excluding hydrogens is 380 g/mol. The first kappa shape index (κ1) is 22.5. The SMILES string of the molecule is C=C/C(=C\CC)c1cccc(/C(C)=N/C=C(\C(=C)NC2CCCC2)c2cnn(C)c2)c1. The fraction of sp³-hybridized carbons (Fsp3) is 0.333. The highest BCUT2D eigenvalue weighted by Gasteiger charge is 2.17. The molecule has 0 unspecified atom stereocenters. The van der Waals surface area contributed by atoms with E-state index in [-0.39, 0.29) is 0 Å². The molecule has 0 atom stereocenters. The zero-order valence-electron chi connectivity index (χ0n) is 19.1. The van der Waals surface area contributed by atoms with Gasteiger partial charge in [-0.25, -0.2) is 0 Å². The molecule has 1 aromatic carbocycles. The van der Waals surface area contributed by atoms with E-state index in [1.807, 2.05) is 43.3 Å². The van der Waals surface area contributed by atoms with Crippen LogP contribution in [0, 0.1) is 0 Å². The molecule has 1 aromatic heterocycles. The molecule has 1 aliphatic rings. The van der Waals surface area contributed by atoms with Gasteiger partial charge in [-0.3, -0.25) is 9.67 Å². The highest BCUT2D eigenvalue weighted by Crippen LogP contribution is 2.25. The zero-order valence-corrected chi connectivity index (χ0v) is 19.1. The molecule has 0 saturated heterocycles. The van der Waals surface area contributed by atoms with Crippen molar-refractivity contribution in [1.82, 2.24) is 15.1 Å². The summed E-state index contributed by atoms with van der Waals surface area (Å²) >= 11 is 0. The molecule has 1 aliphatic carbocycles. The number of nitrogens with zero attached hydrogens (tertiary/aromatic N) is 3. The van der Waals surface area contributed by atoms with E-state index in [9.17, 15) is 0 Å². The van der Waals surface area contributed by atoms with Crippen LogP contribution in [0.1, 0.15) is 62.6 Å². The number of allylic oxidation sites excluding steroid dienone is 4. The van der Waals surface area contributed by atoms with Gasteiger partial charge in [-0.05, 0) is 49.0 Å². The number of hydrogen-bond donors (Lipinski definition) is 1. The highest BCUT2D eigenvalue weighted by atomic mass is 15.2. The van der Waals surface area contributed by atoms with Gasteiger partial charge >= 0.3 is 0 Å². The van der Waals surface area contributed by atoms with E-state index < -0.39 is 0 Å². The first-order valence-electron chi connectivity index (χ1n) is 11.1. The molecule has 0 radical (unpaired) electrons. The molecule has 31 heavy (non-hydrogen) atoms. The average molecular weight is 415 g/mol. The number of rotatable bonds is 9. The monoisotopic (exact) mass is 414 g/mol. The number of nitrogens with one attached hydrogen (secondary N) is 1. The molecule has 1 N–H and O–H groups in total. The summed E-state index contributed by atoms with van der Waals surface area (Å²) < 4.78 is 1.81. The molecule has 162 valence electrons. The van der Waals surface area contributed by atoms with Crippen molar-refractivity contribution >= 4 is 16.9 Å². The second kappa shape index (κ2) is 10.8. The minimum absolute atomic E-state index is 0.497. The highest BCUT2D eigenvalue weighted by molar-refractivity contribution is 6.00. The Labute approximate surface area is 186 Å². The van der Waals surface area contributed by atoms with Crippen molar-refractivity contribution in [3.63, 3.8) is 0 Å². The lowest BCUT2D eigenvalue weighted by Gasteiger charge is -2.17. The first-order valence-corrected chi connectivity index (χ1v) is 11.1. The van der Waals surface area contributed by atoms with Crippen LogP contribution >= 0.6 is 0 Å². The molecule has 1 heterocycles. The molecule has 0 amide bonds. The van der Waals surface area contributed by atoms with Gasteiger partial charge in [0.15, 0.2) is 0 Å². The average Bonchev–Trinajstić information content (AvgIpc) is 3.44. The third kappa shape index (κ3) is 5.94. The van der Waals surface area contributed by atoms with Crippen molar-refractivity contribution in [1.29, 1.82) is 0 Å². The molecular formula is C27H34N4. The van der Waals surface area contributed by atoms with E-state index in [4.69, 9.17) is 4.99 Å². The Bertz CT molecular complexity index is 1010. The first-order chi connectivity index (χ1) is 15.0. The van der Waals surface area contributed by atoms with Gasteiger partial charge in [0, 0.05) is 48.0 Å². The fourth-order valence-corrected chi connectivity index (χ4v) is 3.98. The van der Waals surface area contributed by atoms with E-state index in [0.29, 0.717) is 6.04 Å². The van der Waals surface area contributed by atoms with Crippen molar-refractivity contribution in [3.05, 3.63) is 90.6 Å².